The van der Waals surface area contributed by atoms with Crippen LogP contribution in [0.15, 0.2) is 6.07 Å². The zero-order valence-electron chi connectivity index (χ0n) is 7.68. The van der Waals surface area contributed by atoms with Gasteiger partial charge < -0.3 is 9.84 Å². The van der Waals surface area contributed by atoms with Crippen LogP contribution in [-0.4, -0.2) is 16.5 Å². The molecule has 0 saturated carbocycles. The number of nitrogens with zero attached hydrogens (tertiary/aromatic N) is 1. The van der Waals surface area contributed by atoms with Crippen LogP contribution in [-0.2, 0) is 11.9 Å². The second kappa shape index (κ2) is 5.50. The minimum Gasteiger partial charge on any atom is -0.390 e. The van der Waals surface area contributed by atoms with Gasteiger partial charge in [-0.2, -0.15) is 0 Å². The summed E-state index contributed by atoms with van der Waals surface area (Å²) in [5.74, 6) is -0.533. The summed E-state index contributed by atoms with van der Waals surface area (Å²) in [6.45, 7) is -0.435. The number of pyridine rings is 1. The maximum Gasteiger partial charge on any atom is 0.574 e. The average molecular weight is 412 g/mol. The first-order chi connectivity index (χ1) is 7.37. The summed E-state index contributed by atoms with van der Waals surface area (Å²) in [5.41, 5.74) is 0.434. The summed E-state index contributed by atoms with van der Waals surface area (Å²) in [7, 11) is 0. The van der Waals surface area contributed by atoms with E-state index in [0.29, 0.717) is 3.57 Å². The second-order valence-electron chi connectivity index (χ2n) is 2.72. The fourth-order valence-corrected chi connectivity index (χ4v) is 2.02. The van der Waals surface area contributed by atoms with Gasteiger partial charge in [-0.25, -0.2) is 4.98 Å². The largest absolute Gasteiger partial charge is 0.574 e. The molecular formula is C8H6BrF3INO2. The Hall–Kier alpha value is -0.0900. The Kier molecular flexibility index (Phi) is 4.80. The van der Waals surface area contributed by atoms with Crippen molar-refractivity contribution < 1.29 is 23.0 Å². The van der Waals surface area contributed by atoms with E-state index in [2.05, 4.69) is 25.7 Å². The summed E-state index contributed by atoms with van der Waals surface area (Å²) in [4.78, 5) is 3.62. The first-order valence-electron chi connectivity index (χ1n) is 3.98. The highest BCUT2D eigenvalue weighted by Gasteiger charge is 2.33. The molecule has 0 spiro atoms. The minimum absolute atomic E-state index is 0.157. The third-order valence-corrected chi connectivity index (χ3v) is 3.13. The van der Waals surface area contributed by atoms with Crippen molar-refractivity contribution in [2.45, 2.75) is 18.3 Å². The lowest BCUT2D eigenvalue weighted by Crippen LogP contribution is -2.19. The highest BCUT2D eigenvalue weighted by molar-refractivity contribution is 14.1. The lowest BCUT2D eigenvalue weighted by molar-refractivity contribution is -0.276. The number of aliphatic hydroxyl groups is 1. The van der Waals surface area contributed by atoms with Gasteiger partial charge in [-0.05, 0) is 28.7 Å². The van der Waals surface area contributed by atoms with E-state index in [1.54, 1.807) is 0 Å². The van der Waals surface area contributed by atoms with Crippen molar-refractivity contribution in [2.75, 3.05) is 0 Å². The van der Waals surface area contributed by atoms with Crippen molar-refractivity contribution in [3.8, 4) is 5.88 Å². The fraction of sp³-hybridized carbons (Fsp3) is 0.375. The van der Waals surface area contributed by atoms with Gasteiger partial charge in [0, 0.05) is 14.5 Å². The molecule has 0 amide bonds. The van der Waals surface area contributed by atoms with E-state index in [0.717, 1.165) is 0 Å². The molecule has 0 saturated heterocycles. The summed E-state index contributed by atoms with van der Waals surface area (Å²) in [5, 5.41) is 9.08. The molecule has 1 aromatic rings. The Morgan fingerprint density at radius 2 is 2.12 bits per heavy atom. The summed E-state index contributed by atoms with van der Waals surface area (Å²) < 4.78 is 40.5. The van der Waals surface area contributed by atoms with Gasteiger partial charge in [-0.1, -0.05) is 15.9 Å². The van der Waals surface area contributed by atoms with Gasteiger partial charge in [0.2, 0.25) is 5.88 Å². The van der Waals surface area contributed by atoms with Crippen LogP contribution in [0.4, 0.5) is 13.2 Å². The monoisotopic (exact) mass is 411 g/mol. The molecule has 1 rings (SSSR count). The summed E-state index contributed by atoms with van der Waals surface area (Å²) >= 11 is 4.93. The molecule has 0 bridgehead atoms. The zero-order chi connectivity index (χ0) is 12.3. The highest BCUT2D eigenvalue weighted by atomic mass is 127. The molecule has 0 radical (unpaired) electrons. The maximum atomic E-state index is 12.1. The number of halogens is 5. The molecule has 16 heavy (non-hydrogen) atoms. The Balaban J connectivity index is 3.15. The van der Waals surface area contributed by atoms with Crippen LogP contribution < -0.4 is 4.74 Å². The molecule has 3 nitrogen and oxygen atoms in total. The normalized spacial score (nSPS) is 11.6. The SMILES string of the molecule is OCc1nc(OC(F)(F)F)c(CBr)cc1I. The van der Waals surface area contributed by atoms with Gasteiger partial charge in [-0.3, -0.25) is 0 Å². The molecule has 0 aliphatic carbocycles. The van der Waals surface area contributed by atoms with E-state index < -0.39 is 18.8 Å². The van der Waals surface area contributed by atoms with Gasteiger partial charge in [0.05, 0.1) is 12.3 Å². The molecule has 0 aliphatic heterocycles. The predicted octanol–water partition coefficient (Wildman–Crippen LogP) is 2.97. The Bertz CT molecular complexity index is 386. The van der Waals surface area contributed by atoms with Crippen molar-refractivity contribution in [2.24, 2.45) is 0 Å². The lowest BCUT2D eigenvalue weighted by atomic mass is 10.2. The second-order valence-corrected chi connectivity index (χ2v) is 4.44. The van der Waals surface area contributed by atoms with Crippen LogP contribution in [0.2, 0.25) is 0 Å². The van der Waals surface area contributed by atoms with E-state index >= 15 is 0 Å². The minimum atomic E-state index is -4.79. The van der Waals surface area contributed by atoms with Crippen molar-refractivity contribution in [1.29, 1.82) is 0 Å². The number of hydrogen-bond donors (Lipinski definition) is 1. The van der Waals surface area contributed by atoms with Crippen LogP contribution in [0.25, 0.3) is 0 Å². The van der Waals surface area contributed by atoms with Crippen LogP contribution in [0.5, 0.6) is 5.88 Å². The van der Waals surface area contributed by atoms with Gasteiger partial charge in [0.25, 0.3) is 0 Å². The van der Waals surface area contributed by atoms with E-state index in [9.17, 15) is 13.2 Å². The molecule has 0 aromatic carbocycles. The van der Waals surface area contributed by atoms with Crippen molar-refractivity contribution in [3.63, 3.8) is 0 Å². The number of alkyl halides is 4. The standard InChI is InChI=1S/C8H6BrF3INO2/c9-2-4-1-5(13)6(3-15)14-7(4)16-8(10,11)12/h1,15H,2-3H2. The highest BCUT2D eigenvalue weighted by Crippen LogP contribution is 2.28. The number of aliphatic hydroxyl groups excluding tert-OH is 1. The molecule has 0 atom stereocenters. The van der Waals surface area contributed by atoms with Gasteiger partial charge in [0.15, 0.2) is 0 Å². The van der Waals surface area contributed by atoms with E-state index in [-0.39, 0.29) is 16.6 Å². The number of ether oxygens (including phenoxy) is 1. The molecule has 1 N–H and O–H groups in total. The molecule has 0 fully saturated rings. The topological polar surface area (TPSA) is 42.4 Å². The Morgan fingerprint density at radius 1 is 1.50 bits per heavy atom. The van der Waals surface area contributed by atoms with E-state index in [1.807, 2.05) is 22.6 Å². The Labute approximate surface area is 111 Å². The quantitative estimate of drug-likeness (QED) is 0.614. The molecule has 0 unspecified atom stereocenters. The predicted molar refractivity (Wildman–Crippen MR) is 62.2 cm³/mol. The Morgan fingerprint density at radius 3 is 2.56 bits per heavy atom. The first kappa shape index (κ1) is 14.0. The van der Waals surface area contributed by atoms with Crippen LogP contribution in [0, 0.1) is 3.57 Å². The van der Waals surface area contributed by atoms with Crippen molar-refractivity contribution in [1.82, 2.24) is 4.98 Å². The smallest absolute Gasteiger partial charge is 0.390 e. The first-order valence-corrected chi connectivity index (χ1v) is 6.18. The lowest BCUT2D eigenvalue weighted by Gasteiger charge is -2.12. The maximum absolute atomic E-state index is 12.1. The summed E-state index contributed by atoms with van der Waals surface area (Å²) in [6.07, 6.45) is -4.79. The van der Waals surface area contributed by atoms with Gasteiger partial charge in [-0.15, -0.1) is 13.2 Å². The van der Waals surface area contributed by atoms with E-state index in [4.69, 9.17) is 5.11 Å². The number of aromatic nitrogens is 1. The van der Waals surface area contributed by atoms with Gasteiger partial charge in [0.1, 0.15) is 0 Å². The molecule has 1 aromatic heterocycles. The van der Waals surface area contributed by atoms with Crippen molar-refractivity contribution in [3.05, 3.63) is 20.9 Å². The average Bonchev–Trinajstić information content (AvgIpc) is 2.18. The molecule has 90 valence electrons. The third kappa shape index (κ3) is 3.74. The molecule has 0 aliphatic rings. The molecule has 1 heterocycles. The molecule has 8 heteroatoms. The third-order valence-electron chi connectivity index (χ3n) is 1.59. The zero-order valence-corrected chi connectivity index (χ0v) is 11.4. The summed E-state index contributed by atoms with van der Waals surface area (Å²) in [6, 6.07) is 1.48. The van der Waals surface area contributed by atoms with Gasteiger partial charge >= 0.3 is 6.36 Å². The van der Waals surface area contributed by atoms with Crippen LogP contribution in [0.3, 0.4) is 0 Å². The number of hydrogen-bond acceptors (Lipinski definition) is 3. The fourth-order valence-electron chi connectivity index (χ4n) is 0.950. The van der Waals surface area contributed by atoms with E-state index in [1.165, 1.54) is 6.07 Å². The number of rotatable bonds is 3. The molecular weight excluding hydrogens is 406 g/mol. The van der Waals surface area contributed by atoms with Crippen LogP contribution >= 0.6 is 38.5 Å². The van der Waals surface area contributed by atoms with Crippen molar-refractivity contribution >= 4 is 38.5 Å². The van der Waals surface area contributed by atoms with Crippen LogP contribution in [0.1, 0.15) is 11.3 Å².